The third-order valence-corrected chi connectivity index (χ3v) is 3.78. The second kappa shape index (κ2) is 6.01. The van der Waals surface area contributed by atoms with Crippen LogP contribution in [0.3, 0.4) is 0 Å². The molecule has 2 aromatic rings. The van der Waals surface area contributed by atoms with E-state index in [1.807, 2.05) is 0 Å². The Hall–Kier alpha value is -1.01. The summed E-state index contributed by atoms with van der Waals surface area (Å²) in [6.07, 6.45) is -3.45. The first-order valence-corrected chi connectivity index (χ1v) is 6.69. The fraction of sp³-hybridized carbons (Fsp3) is 0.154. The number of hydrogen-bond donors (Lipinski definition) is 1. The Morgan fingerprint density at radius 1 is 1.00 bits per heavy atom. The highest BCUT2D eigenvalue weighted by Crippen LogP contribution is 2.38. The number of aliphatic hydroxyl groups is 1. The number of alkyl halides is 3. The van der Waals surface area contributed by atoms with Crippen molar-refractivity contribution in [3.8, 4) is 11.1 Å². The molecule has 2 rings (SSSR count). The van der Waals surface area contributed by atoms with Crippen molar-refractivity contribution in [2.24, 2.45) is 0 Å². The standard InChI is InChI=1S/C13H7Cl3F3NO/c14-9-3-11(16)10(15)2-7(9)6-1-8(13(17,18)19)12(5-21)20-4-6/h1-4,21H,5H2. The van der Waals surface area contributed by atoms with E-state index in [1.165, 1.54) is 18.3 Å². The Morgan fingerprint density at radius 2 is 1.62 bits per heavy atom. The molecule has 0 aliphatic heterocycles. The molecule has 1 heterocycles. The number of pyridine rings is 1. The second-order valence-corrected chi connectivity index (χ2v) is 5.34. The lowest BCUT2D eigenvalue weighted by atomic mass is 10.0. The highest BCUT2D eigenvalue weighted by molar-refractivity contribution is 6.44. The van der Waals surface area contributed by atoms with E-state index in [2.05, 4.69) is 4.98 Å². The smallest absolute Gasteiger partial charge is 0.390 e. The van der Waals surface area contributed by atoms with Gasteiger partial charge < -0.3 is 5.11 Å². The summed E-state index contributed by atoms with van der Waals surface area (Å²) >= 11 is 17.6. The lowest BCUT2D eigenvalue weighted by Crippen LogP contribution is -2.11. The zero-order chi connectivity index (χ0) is 15.8. The molecule has 0 bridgehead atoms. The molecule has 0 aliphatic rings. The molecule has 0 atom stereocenters. The summed E-state index contributed by atoms with van der Waals surface area (Å²) in [7, 11) is 0. The van der Waals surface area contributed by atoms with Gasteiger partial charge in [0.1, 0.15) is 0 Å². The van der Waals surface area contributed by atoms with E-state index < -0.39 is 24.0 Å². The van der Waals surface area contributed by atoms with Crippen molar-refractivity contribution in [2.45, 2.75) is 12.8 Å². The van der Waals surface area contributed by atoms with Crippen molar-refractivity contribution < 1.29 is 18.3 Å². The van der Waals surface area contributed by atoms with E-state index in [-0.39, 0.29) is 26.2 Å². The number of rotatable bonds is 2. The zero-order valence-corrected chi connectivity index (χ0v) is 12.4. The molecule has 0 spiro atoms. The molecule has 0 aliphatic carbocycles. The van der Waals surface area contributed by atoms with Crippen LogP contribution in [0.5, 0.6) is 0 Å². The summed E-state index contributed by atoms with van der Waals surface area (Å²) in [5.74, 6) is 0. The molecule has 1 aromatic heterocycles. The summed E-state index contributed by atoms with van der Waals surface area (Å²) in [5, 5.41) is 9.46. The maximum atomic E-state index is 12.9. The molecule has 0 radical (unpaired) electrons. The van der Waals surface area contributed by atoms with Crippen LogP contribution in [-0.4, -0.2) is 10.1 Å². The molecule has 0 unspecified atom stereocenters. The Kier molecular flexibility index (Phi) is 4.68. The highest BCUT2D eigenvalue weighted by atomic mass is 35.5. The van der Waals surface area contributed by atoms with Crippen molar-refractivity contribution in [3.63, 3.8) is 0 Å². The maximum Gasteiger partial charge on any atom is 0.418 e. The van der Waals surface area contributed by atoms with Gasteiger partial charge in [-0.3, -0.25) is 4.98 Å². The zero-order valence-electron chi connectivity index (χ0n) is 10.2. The van der Waals surface area contributed by atoms with E-state index in [4.69, 9.17) is 39.9 Å². The molecule has 112 valence electrons. The van der Waals surface area contributed by atoms with Gasteiger partial charge in [-0.05, 0) is 18.2 Å². The predicted octanol–water partition coefficient (Wildman–Crippen LogP) is 5.22. The monoisotopic (exact) mass is 355 g/mol. The molecular formula is C13H7Cl3F3NO. The minimum Gasteiger partial charge on any atom is -0.390 e. The third-order valence-electron chi connectivity index (χ3n) is 2.75. The minimum atomic E-state index is -4.64. The summed E-state index contributed by atoms with van der Waals surface area (Å²) in [5.41, 5.74) is -1.08. The fourth-order valence-electron chi connectivity index (χ4n) is 1.76. The van der Waals surface area contributed by atoms with E-state index in [0.717, 1.165) is 6.07 Å². The molecule has 0 amide bonds. The van der Waals surface area contributed by atoms with Gasteiger partial charge in [-0.2, -0.15) is 13.2 Å². The summed E-state index contributed by atoms with van der Waals surface area (Å²) in [6.45, 7) is -0.815. The van der Waals surface area contributed by atoms with Crippen LogP contribution in [0, 0.1) is 0 Å². The molecule has 8 heteroatoms. The van der Waals surface area contributed by atoms with Crippen LogP contribution in [-0.2, 0) is 12.8 Å². The molecule has 21 heavy (non-hydrogen) atoms. The van der Waals surface area contributed by atoms with Crippen LogP contribution < -0.4 is 0 Å². The maximum absolute atomic E-state index is 12.9. The van der Waals surface area contributed by atoms with Gasteiger partial charge in [0.25, 0.3) is 0 Å². The molecule has 1 N–H and O–H groups in total. The normalized spacial score (nSPS) is 11.8. The van der Waals surface area contributed by atoms with Crippen LogP contribution in [0.25, 0.3) is 11.1 Å². The van der Waals surface area contributed by atoms with Gasteiger partial charge in [-0.25, -0.2) is 0 Å². The van der Waals surface area contributed by atoms with Crippen LogP contribution in [0.15, 0.2) is 24.4 Å². The van der Waals surface area contributed by atoms with Crippen molar-refractivity contribution in [3.05, 3.63) is 50.7 Å². The van der Waals surface area contributed by atoms with E-state index in [0.29, 0.717) is 0 Å². The van der Waals surface area contributed by atoms with Gasteiger partial charge in [0.05, 0.1) is 32.9 Å². The van der Waals surface area contributed by atoms with E-state index in [9.17, 15) is 13.2 Å². The second-order valence-electron chi connectivity index (χ2n) is 4.12. The van der Waals surface area contributed by atoms with Gasteiger partial charge in [-0.1, -0.05) is 34.8 Å². The predicted molar refractivity (Wildman–Crippen MR) is 75.6 cm³/mol. The quantitative estimate of drug-likeness (QED) is 0.748. The Balaban J connectivity index is 2.63. The lowest BCUT2D eigenvalue weighted by Gasteiger charge is -2.13. The molecular weight excluding hydrogens is 350 g/mol. The minimum absolute atomic E-state index is 0.128. The van der Waals surface area contributed by atoms with Gasteiger partial charge in [0.15, 0.2) is 0 Å². The Bertz CT molecular complexity index is 689. The Labute approximate surface area is 133 Å². The summed E-state index contributed by atoms with van der Waals surface area (Å²) in [4.78, 5) is 3.63. The molecule has 0 saturated carbocycles. The highest BCUT2D eigenvalue weighted by Gasteiger charge is 2.34. The summed E-state index contributed by atoms with van der Waals surface area (Å²) in [6, 6.07) is 3.57. The molecule has 0 saturated heterocycles. The number of aromatic nitrogens is 1. The topological polar surface area (TPSA) is 33.1 Å². The number of halogens is 6. The SMILES string of the molecule is OCc1ncc(-c2cc(Cl)c(Cl)cc2Cl)cc1C(F)(F)F. The lowest BCUT2D eigenvalue weighted by molar-refractivity contribution is -0.139. The van der Waals surface area contributed by atoms with Crippen LogP contribution in [0.1, 0.15) is 11.3 Å². The van der Waals surface area contributed by atoms with Gasteiger partial charge in [0.2, 0.25) is 0 Å². The van der Waals surface area contributed by atoms with Crippen molar-refractivity contribution in [1.82, 2.24) is 4.98 Å². The molecule has 2 nitrogen and oxygen atoms in total. The average molecular weight is 357 g/mol. The van der Waals surface area contributed by atoms with Crippen LogP contribution in [0.2, 0.25) is 15.1 Å². The fourth-order valence-corrected chi connectivity index (χ4v) is 2.41. The first-order chi connectivity index (χ1) is 9.74. The van der Waals surface area contributed by atoms with Crippen molar-refractivity contribution in [1.29, 1.82) is 0 Å². The Morgan fingerprint density at radius 3 is 2.19 bits per heavy atom. The van der Waals surface area contributed by atoms with Crippen LogP contribution in [0.4, 0.5) is 13.2 Å². The third kappa shape index (κ3) is 3.43. The number of aliphatic hydroxyl groups excluding tert-OH is 1. The van der Waals surface area contributed by atoms with Gasteiger partial charge >= 0.3 is 6.18 Å². The van der Waals surface area contributed by atoms with Gasteiger partial charge in [-0.15, -0.1) is 0 Å². The van der Waals surface area contributed by atoms with Crippen molar-refractivity contribution in [2.75, 3.05) is 0 Å². The first kappa shape index (κ1) is 16.4. The number of benzene rings is 1. The largest absolute Gasteiger partial charge is 0.418 e. The van der Waals surface area contributed by atoms with E-state index >= 15 is 0 Å². The first-order valence-electron chi connectivity index (χ1n) is 5.56. The molecule has 1 aromatic carbocycles. The molecule has 0 fully saturated rings. The van der Waals surface area contributed by atoms with Gasteiger partial charge in [0, 0.05) is 17.3 Å². The van der Waals surface area contributed by atoms with E-state index in [1.54, 1.807) is 0 Å². The van der Waals surface area contributed by atoms with Crippen molar-refractivity contribution >= 4 is 34.8 Å². The average Bonchev–Trinajstić information content (AvgIpc) is 2.41. The number of nitrogens with zero attached hydrogens (tertiary/aromatic N) is 1. The summed E-state index contributed by atoms with van der Waals surface area (Å²) < 4.78 is 38.8. The number of hydrogen-bond acceptors (Lipinski definition) is 2. The van der Waals surface area contributed by atoms with Crippen LogP contribution >= 0.6 is 34.8 Å².